The van der Waals surface area contributed by atoms with E-state index in [-0.39, 0.29) is 0 Å². The fourth-order valence-electron chi connectivity index (χ4n) is 1.02. The van der Waals surface area contributed by atoms with Gasteiger partial charge in [-0.2, -0.15) is 0 Å². The van der Waals surface area contributed by atoms with Gasteiger partial charge in [0.15, 0.2) is 9.84 Å². The molecule has 0 aromatic heterocycles. The summed E-state index contributed by atoms with van der Waals surface area (Å²) < 4.78 is 22.3. The van der Waals surface area contributed by atoms with Crippen molar-refractivity contribution in [2.24, 2.45) is 0 Å². The van der Waals surface area contributed by atoms with Gasteiger partial charge >= 0.3 is 0 Å². The Hall–Kier alpha value is -0.765. The zero-order chi connectivity index (χ0) is 9.35. The molecule has 0 aliphatic rings. The van der Waals surface area contributed by atoms with E-state index >= 15 is 0 Å². The van der Waals surface area contributed by atoms with Crippen molar-refractivity contribution in [2.45, 2.75) is 11.8 Å². The first-order valence-corrected chi connectivity index (χ1v) is 5.36. The second-order valence-electron chi connectivity index (χ2n) is 2.80. The van der Waals surface area contributed by atoms with Crippen molar-refractivity contribution in [2.75, 3.05) is 6.26 Å². The van der Waals surface area contributed by atoms with E-state index in [1.165, 1.54) is 12.3 Å². The van der Waals surface area contributed by atoms with Gasteiger partial charge in [0.05, 0.1) is 4.90 Å². The van der Waals surface area contributed by atoms with Gasteiger partial charge in [-0.05, 0) is 12.5 Å². The van der Waals surface area contributed by atoms with Crippen LogP contribution in [-0.2, 0) is 9.84 Å². The molecule has 0 spiro atoms. The van der Waals surface area contributed by atoms with Crippen molar-refractivity contribution in [3.8, 4) is 0 Å². The lowest BCUT2D eigenvalue weighted by Gasteiger charge is -2.03. The minimum atomic E-state index is -3.14. The van der Waals surface area contributed by atoms with E-state index in [2.05, 4.69) is 0 Å². The Bertz CT molecular complexity index is 396. The molecule has 0 amide bonds. The highest BCUT2D eigenvalue weighted by Gasteiger charge is 2.09. The summed E-state index contributed by atoms with van der Waals surface area (Å²) in [7, 11) is 2.32. The highest BCUT2D eigenvalue weighted by molar-refractivity contribution is 7.90. The first-order valence-electron chi connectivity index (χ1n) is 3.47. The molecule has 0 unspecified atom stereocenters. The van der Waals surface area contributed by atoms with Crippen LogP contribution in [0.25, 0.3) is 0 Å². The molecule has 0 saturated heterocycles. The maximum absolute atomic E-state index is 11.2. The zero-order valence-corrected chi connectivity index (χ0v) is 7.85. The summed E-state index contributed by atoms with van der Waals surface area (Å²) in [5.74, 6) is 0. The highest BCUT2D eigenvalue weighted by Crippen LogP contribution is 2.11. The van der Waals surface area contributed by atoms with E-state index in [9.17, 15) is 8.42 Å². The molecule has 0 saturated carbocycles. The van der Waals surface area contributed by atoms with E-state index in [0.29, 0.717) is 10.4 Å². The summed E-state index contributed by atoms with van der Waals surface area (Å²) in [5, 5.41) is 0. The lowest BCUT2D eigenvalue weighted by molar-refractivity contribution is 0.601. The summed E-state index contributed by atoms with van der Waals surface area (Å²) in [6, 6.07) is 4.86. The number of rotatable bonds is 1. The fraction of sp³-hybridized carbons (Fsp3) is 0.250. The van der Waals surface area contributed by atoms with Gasteiger partial charge in [0, 0.05) is 6.26 Å². The summed E-state index contributed by atoms with van der Waals surface area (Å²) >= 11 is 0. The first-order chi connectivity index (χ1) is 5.41. The maximum atomic E-state index is 11.2. The van der Waals surface area contributed by atoms with Gasteiger partial charge in [-0.1, -0.05) is 23.7 Å². The molecular weight excluding hydrogens is 171 g/mol. The third-order valence-corrected chi connectivity index (χ3v) is 2.85. The topological polar surface area (TPSA) is 34.1 Å². The largest absolute Gasteiger partial charge is 0.224 e. The smallest absolute Gasteiger partial charge is 0.175 e. The van der Waals surface area contributed by atoms with Gasteiger partial charge in [-0.3, -0.25) is 0 Å². The van der Waals surface area contributed by atoms with Crippen LogP contribution < -0.4 is 5.46 Å². The minimum Gasteiger partial charge on any atom is -0.224 e. The van der Waals surface area contributed by atoms with Crippen LogP contribution in [0.3, 0.4) is 0 Å². The van der Waals surface area contributed by atoms with Crippen molar-refractivity contribution in [1.82, 2.24) is 0 Å². The molecule has 0 heterocycles. The number of sulfone groups is 1. The molecule has 0 aliphatic heterocycles. The number of benzene rings is 1. The van der Waals surface area contributed by atoms with E-state index < -0.39 is 9.84 Å². The van der Waals surface area contributed by atoms with Gasteiger partial charge in [0.1, 0.15) is 7.85 Å². The summed E-state index contributed by atoms with van der Waals surface area (Å²) in [6.07, 6.45) is 1.18. The summed E-state index contributed by atoms with van der Waals surface area (Å²) in [6.45, 7) is 1.75. The molecule has 0 atom stereocenters. The van der Waals surface area contributed by atoms with Gasteiger partial charge in [-0.15, -0.1) is 0 Å². The SMILES string of the molecule is [B]c1ccc(C)c(S(C)(=O)=O)c1. The normalized spacial score (nSPS) is 11.5. The minimum absolute atomic E-state index is 0.308. The molecule has 0 fully saturated rings. The number of hydrogen-bond acceptors (Lipinski definition) is 2. The van der Waals surface area contributed by atoms with E-state index in [0.717, 1.165) is 5.56 Å². The van der Waals surface area contributed by atoms with Crippen molar-refractivity contribution < 1.29 is 8.42 Å². The standard InChI is InChI=1S/C8H9BO2S/c1-6-3-4-7(9)5-8(6)12(2,10)11/h3-5H,1-2H3. The first kappa shape index (κ1) is 9.32. The highest BCUT2D eigenvalue weighted by atomic mass is 32.2. The molecule has 4 heteroatoms. The van der Waals surface area contributed by atoms with E-state index in [1.807, 2.05) is 0 Å². The van der Waals surface area contributed by atoms with Crippen LogP contribution in [-0.4, -0.2) is 22.5 Å². The third-order valence-electron chi connectivity index (χ3n) is 1.61. The predicted octanol–water partition coefficient (Wildman–Crippen LogP) is 0.192. The molecule has 2 nitrogen and oxygen atoms in total. The lowest BCUT2D eigenvalue weighted by atomic mass is 9.95. The zero-order valence-electron chi connectivity index (χ0n) is 7.03. The van der Waals surface area contributed by atoms with Crippen LogP contribution in [0.2, 0.25) is 0 Å². The average Bonchev–Trinajstić information content (AvgIpc) is 1.92. The molecule has 0 bridgehead atoms. The van der Waals surface area contributed by atoms with Crippen LogP contribution >= 0.6 is 0 Å². The fourth-order valence-corrected chi connectivity index (χ4v) is 2.02. The van der Waals surface area contributed by atoms with Gasteiger partial charge in [0.2, 0.25) is 0 Å². The predicted molar refractivity (Wildman–Crippen MR) is 49.7 cm³/mol. The second-order valence-corrected chi connectivity index (χ2v) is 4.78. The van der Waals surface area contributed by atoms with E-state index in [1.54, 1.807) is 19.1 Å². The van der Waals surface area contributed by atoms with E-state index in [4.69, 9.17) is 7.85 Å². The van der Waals surface area contributed by atoms with Gasteiger partial charge in [-0.25, -0.2) is 8.42 Å². The Balaban J connectivity index is 3.43. The Kier molecular flexibility index (Phi) is 2.28. The van der Waals surface area contributed by atoms with Crippen molar-refractivity contribution in [3.63, 3.8) is 0 Å². The molecule has 0 N–H and O–H groups in total. The molecule has 0 aliphatic carbocycles. The van der Waals surface area contributed by atoms with Gasteiger partial charge in [0.25, 0.3) is 0 Å². The quantitative estimate of drug-likeness (QED) is 0.578. The van der Waals surface area contributed by atoms with Crippen molar-refractivity contribution in [1.29, 1.82) is 0 Å². The molecule has 12 heavy (non-hydrogen) atoms. The molecule has 1 aromatic rings. The number of aryl methyl sites for hydroxylation is 1. The molecule has 62 valence electrons. The summed E-state index contributed by atoms with van der Waals surface area (Å²) in [5.41, 5.74) is 1.20. The molecule has 1 rings (SSSR count). The third kappa shape index (κ3) is 1.88. The monoisotopic (exact) mass is 180 g/mol. The van der Waals surface area contributed by atoms with Gasteiger partial charge < -0.3 is 0 Å². The summed E-state index contributed by atoms with van der Waals surface area (Å²) in [4.78, 5) is 0.308. The Labute approximate surface area is 73.9 Å². The second kappa shape index (κ2) is 2.94. The van der Waals surface area contributed by atoms with Crippen molar-refractivity contribution in [3.05, 3.63) is 23.8 Å². The van der Waals surface area contributed by atoms with Crippen molar-refractivity contribution >= 4 is 23.1 Å². The van der Waals surface area contributed by atoms with Crippen LogP contribution in [0.15, 0.2) is 23.1 Å². The lowest BCUT2D eigenvalue weighted by Crippen LogP contribution is -2.08. The average molecular weight is 180 g/mol. The van der Waals surface area contributed by atoms with Crippen LogP contribution in [0.5, 0.6) is 0 Å². The van der Waals surface area contributed by atoms with Crippen LogP contribution in [0.1, 0.15) is 5.56 Å². The van der Waals surface area contributed by atoms with Crippen LogP contribution in [0, 0.1) is 6.92 Å². The maximum Gasteiger partial charge on any atom is 0.175 e. The molecule has 2 radical (unpaired) electrons. The number of hydrogen-bond donors (Lipinski definition) is 0. The Morgan fingerprint density at radius 1 is 1.33 bits per heavy atom. The Morgan fingerprint density at radius 3 is 2.33 bits per heavy atom. The van der Waals surface area contributed by atoms with Crippen LogP contribution in [0.4, 0.5) is 0 Å². The molecular formula is C8H9BO2S. The Morgan fingerprint density at radius 2 is 1.92 bits per heavy atom. The molecule has 1 aromatic carbocycles.